The summed E-state index contributed by atoms with van der Waals surface area (Å²) in [7, 11) is 0. The lowest BCUT2D eigenvalue weighted by molar-refractivity contribution is -0.114. The molecule has 0 amide bonds. The molecule has 0 radical (unpaired) electrons. The summed E-state index contributed by atoms with van der Waals surface area (Å²) in [6.45, 7) is 13.0. The van der Waals surface area contributed by atoms with E-state index in [2.05, 4.69) is 20.8 Å². The molecule has 0 bridgehead atoms. The van der Waals surface area contributed by atoms with Gasteiger partial charge in [-0.2, -0.15) is 0 Å². The number of Topliss-reactive ketones (excluding diaryl/α,β-unsaturated/α-hetero) is 1. The molecule has 0 heterocycles. The maximum atomic E-state index is 9.44. The summed E-state index contributed by atoms with van der Waals surface area (Å²) in [5.74, 6) is 1.00. The Morgan fingerprint density at radius 1 is 0.867 bits per heavy atom. The second-order valence-corrected chi connectivity index (χ2v) is 3.73. The van der Waals surface area contributed by atoms with Gasteiger partial charge in [-0.05, 0) is 33.6 Å². The molecule has 0 aliphatic heterocycles. The minimum atomic E-state index is -0.167. The first-order chi connectivity index (χ1) is 5.20. The zero-order chi connectivity index (χ0) is 10.7. The molecule has 0 spiro atoms. The van der Waals surface area contributed by atoms with Crippen molar-refractivity contribution in [3.8, 4) is 0 Å². The SMILES string of the molecule is C.C.C.CC(C)=O.CC(C)C.CC(C)O. The Bertz CT molecular complexity index is 71.0. The lowest BCUT2D eigenvalue weighted by Gasteiger charge is -1.80. The molecule has 0 aliphatic carbocycles. The van der Waals surface area contributed by atoms with Crippen molar-refractivity contribution in [2.75, 3.05) is 0 Å². The first kappa shape index (κ1) is 36.5. The quantitative estimate of drug-likeness (QED) is 0.655. The molecule has 15 heavy (non-hydrogen) atoms. The number of carbonyl (C=O) groups is 1. The fraction of sp³-hybridized carbons (Fsp3) is 0.923. The van der Waals surface area contributed by atoms with Crippen molar-refractivity contribution in [1.82, 2.24) is 0 Å². The van der Waals surface area contributed by atoms with E-state index in [1.165, 1.54) is 13.8 Å². The van der Waals surface area contributed by atoms with Crippen molar-refractivity contribution in [3.63, 3.8) is 0 Å². The highest BCUT2D eigenvalue weighted by Gasteiger charge is 1.69. The van der Waals surface area contributed by atoms with Gasteiger partial charge >= 0.3 is 0 Å². The molecule has 0 saturated carbocycles. The summed E-state index contributed by atoms with van der Waals surface area (Å²) in [4.78, 5) is 9.44. The Labute approximate surface area is 99.1 Å². The van der Waals surface area contributed by atoms with E-state index in [1.54, 1.807) is 13.8 Å². The summed E-state index contributed by atoms with van der Waals surface area (Å²) >= 11 is 0. The highest BCUT2D eigenvalue weighted by Crippen LogP contribution is 1.81. The van der Waals surface area contributed by atoms with Crippen molar-refractivity contribution in [3.05, 3.63) is 0 Å². The molecule has 0 unspecified atom stereocenters. The largest absolute Gasteiger partial charge is 0.394 e. The molecular formula is C13H36O2. The molecule has 0 fully saturated rings. The Morgan fingerprint density at radius 2 is 0.867 bits per heavy atom. The average molecular weight is 224 g/mol. The van der Waals surface area contributed by atoms with Crippen LogP contribution in [0, 0.1) is 5.92 Å². The van der Waals surface area contributed by atoms with Crippen molar-refractivity contribution >= 4 is 5.78 Å². The predicted molar refractivity (Wildman–Crippen MR) is 74.4 cm³/mol. The van der Waals surface area contributed by atoms with Crippen LogP contribution in [0.15, 0.2) is 0 Å². The van der Waals surface area contributed by atoms with Crippen LogP contribution in [0.3, 0.4) is 0 Å². The predicted octanol–water partition coefficient (Wildman–Crippen LogP) is 4.55. The van der Waals surface area contributed by atoms with Gasteiger partial charge in [0, 0.05) is 6.10 Å². The van der Waals surface area contributed by atoms with Crippen molar-refractivity contribution < 1.29 is 9.90 Å². The fourth-order valence-electron chi connectivity index (χ4n) is 0. The molecular weight excluding hydrogens is 188 g/mol. The van der Waals surface area contributed by atoms with E-state index < -0.39 is 0 Å². The number of ketones is 1. The number of carbonyl (C=O) groups excluding carboxylic acids is 1. The molecule has 100 valence electrons. The standard InChI is InChI=1S/C4H10.C3H8O.C3H6O.3CH4/c1-4(2)3;2*1-3(2)4;;;/h4H,1-3H3;3-4H,1-2H3;1-2H3;3*1H4. The first-order valence-electron chi connectivity index (χ1n) is 4.35. The number of hydrogen-bond donors (Lipinski definition) is 1. The van der Waals surface area contributed by atoms with Gasteiger partial charge in [0.1, 0.15) is 5.78 Å². The molecule has 0 atom stereocenters. The third kappa shape index (κ3) is 13500. The monoisotopic (exact) mass is 224 g/mol. The van der Waals surface area contributed by atoms with Gasteiger partial charge in [-0.15, -0.1) is 0 Å². The van der Waals surface area contributed by atoms with Gasteiger partial charge in [0.15, 0.2) is 0 Å². The lowest BCUT2D eigenvalue weighted by Crippen LogP contribution is -1.85. The molecule has 2 heteroatoms. The Hall–Kier alpha value is -0.370. The van der Waals surface area contributed by atoms with E-state index in [1.807, 2.05) is 0 Å². The lowest BCUT2D eigenvalue weighted by atomic mass is 10.3. The third-order valence-electron chi connectivity index (χ3n) is 0. The van der Waals surface area contributed by atoms with Crippen LogP contribution < -0.4 is 0 Å². The Morgan fingerprint density at radius 3 is 0.867 bits per heavy atom. The minimum Gasteiger partial charge on any atom is -0.394 e. The molecule has 2 nitrogen and oxygen atoms in total. The summed E-state index contributed by atoms with van der Waals surface area (Å²) < 4.78 is 0. The number of aliphatic hydroxyl groups excluding tert-OH is 1. The van der Waals surface area contributed by atoms with E-state index in [4.69, 9.17) is 5.11 Å². The van der Waals surface area contributed by atoms with E-state index in [0.717, 1.165) is 5.92 Å². The maximum absolute atomic E-state index is 9.44. The van der Waals surface area contributed by atoms with Crippen LogP contribution in [0.4, 0.5) is 0 Å². The first-order valence-corrected chi connectivity index (χ1v) is 4.35. The molecule has 0 rings (SSSR count). The van der Waals surface area contributed by atoms with Crippen LogP contribution in [0.1, 0.15) is 70.7 Å². The van der Waals surface area contributed by atoms with Crippen LogP contribution in [0.5, 0.6) is 0 Å². The molecule has 0 aliphatic rings. The van der Waals surface area contributed by atoms with Crippen molar-refractivity contribution in [2.24, 2.45) is 5.92 Å². The van der Waals surface area contributed by atoms with Gasteiger partial charge in [-0.25, -0.2) is 0 Å². The molecule has 0 saturated heterocycles. The second-order valence-electron chi connectivity index (χ2n) is 3.73. The van der Waals surface area contributed by atoms with Gasteiger partial charge in [0.25, 0.3) is 0 Å². The zero-order valence-electron chi connectivity index (χ0n) is 9.51. The smallest absolute Gasteiger partial charge is 0.126 e. The van der Waals surface area contributed by atoms with E-state index in [-0.39, 0.29) is 34.2 Å². The van der Waals surface area contributed by atoms with Crippen LogP contribution >= 0.6 is 0 Å². The van der Waals surface area contributed by atoms with Gasteiger partial charge < -0.3 is 9.90 Å². The van der Waals surface area contributed by atoms with Gasteiger partial charge in [-0.3, -0.25) is 0 Å². The number of rotatable bonds is 0. The van der Waals surface area contributed by atoms with Gasteiger partial charge in [0.2, 0.25) is 0 Å². The van der Waals surface area contributed by atoms with Gasteiger partial charge in [-0.1, -0.05) is 43.1 Å². The highest BCUT2D eigenvalue weighted by atomic mass is 16.3. The number of aliphatic hydroxyl groups is 1. The molecule has 0 aromatic heterocycles. The van der Waals surface area contributed by atoms with Crippen LogP contribution in [0.25, 0.3) is 0 Å². The highest BCUT2D eigenvalue weighted by molar-refractivity contribution is 5.72. The zero-order valence-corrected chi connectivity index (χ0v) is 9.51. The minimum absolute atomic E-state index is 0. The topological polar surface area (TPSA) is 37.3 Å². The maximum Gasteiger partial charge on any atom is 0.126 e. The van der Waals surface area contributed by atoms with Crippen LogP contribution in [-0.4, -0.2) is 17.0 Å². The third-order valence-corrected chi connectivity index (χ3v) is 0. The van der Waals surface area contributed by atoms with E-state index >= 15 is 0 Å². The Kier molecular flexibility index (Phi) is 71.0. The molecule has 0 aromatic rings. The molecule has 0 aromatic carbocycles. The van der Waals surface area contributed by atoms with Crippen molar-refractivity contribution in [1.29, 1.82) is 0 Å². The average Bonchev–Trinajstić information content (AvgIpc) is 1.54. The fourth-order valence-corrected chi connectivity index (χ4v) is 0. The van der Waals surface area contributed by atoms with E-state index in [0.29, 0.717) is 0 Å². The summed E-state index contributed by atoms with van der Waals surface area (Å²) in [6.07, 6.45) is -0.167. The van der Waals surface area contributed by atoms with Crippen LogP contribution in [0.2, 0.25) is 0 Å². The van der Waals surface area contributed by atoms with Gasteiger partial charge in [0.05, 0.1) is 0 Å². The summed E-state index contributed by atoms with van der Waals surface area (Å²) in [5, 5.41) is 8.06. The summed E-state index contributed by atoms with van der Waals surface area (Å²) in [5.41, 5.74) is 0. The number of hydrogen-bond acceptors (Lipinski definition) is 2. The van der Waals surface area contributed by atoms with E-state index in [9.17, 15) is 4.79 Å². The second kappa shape index (κ2) is 29.2. The van der Waals surface area contributed by atoms with Crippen LogP contribution in [-0.2, 0) is 4.79 Å². The Balaban J connectivity index is -0.0000000184. The normalized spacial score (nSPS) is 6.53. The summed E-state index contributed by atoms with van der Waals surface area (Å²) in [6, 6.07) is 0. The molecule has 1 N–H and O–H groups in total. The van der Waals surface area contributed by atoms with Crippen molar-refractivity contribution in [2.45, 2.75) is 76.9 Å².